The fourth-order valence-electron chi connectivity index (χ4n) is 4.39. The van der Waals surface area contributed by atoms with E-state index in [9.17, 15) is 9.18 Å². The third kappa shape index (κ3) is 6.37. The van der Waals surface area contributed by atoms with E-state index in [1.807, 2.05) is 18.2 Å². The van der Waals surface area contributed by atoms with Gasteiger partial charge in [0.05, 0.1) is 12.7 Å². The average Bonchev–Trinajstić information content (AvgIpc) is 3.59. The summed E-state index contributed by atoms with van der Waals surface area (Å²) in [6, 6.07) is 15.6. The van der Waals surface area contributed by atoms with Crippen LogP contribution in [0.25, 0.3) is 0 Å². The van der Waals surface area contributed by atoms with Crippen LogP contribution in [-0.4, -0.2) is 31.2 Å². The Bertz CT molecular complexity index is 861. The Morgan fingerprint density at radius 2 is 2.00 bits per heavy atom. The molecule has 1 saturated carbocycles. The van der Waals surface area contributed by atoms with Gasteiger partial charge in [0.25, 0.3) is 0 Å². The molecule has 2 aromatic rings. The van der Waals surface area contributed by atoms with E-state index < -0.39 is 0 Å². The zero-order chi connectivity index (χ0) is 21.6. The number of halogens is 1. The standard InChI is InChI=1S/C26H33FN2O2/c1-18-17-31-22(16-28-18)12-13-23-24(27)8-5-9-25(23)29-26(30)15-21(14-19-10-11-19)20-6-3-2-4-7-20/h2-9,18-19,21-22,28H,10-17H2,1H3,(H,29,30)/t18-,21-,22+/m0/s1. The monoisotopic (exact) mass is 424 g/mol. The van der Waals surface area contributed by atoms with Crippen molar-refractivity contribution in [3.8, 4) is 0 Å². The Balaban J connectivity index is 1.39. The van der Waals surface area contributed by atoms with Gasteiger partial charge in [-0.2, -0.15) is 0 Å². The van der Waals surface area contributed by atoms with Crippen LogP contribution >= 0.6 is 0 Å². The molecule has 0 unspecified atom stereocenters. The van der Waals surface area contributed by atoms with Crippen LogP contribution in [0, 0.1) is 11.7 Å². The minimum Gasteiger partial charge on any atom is -0.375 e. The minimum atomic E-state index is -0.271. The predicted molar refractivity (Wildman–Crippen MR) is 122 cm³/mol. The van der Waals surface area contributed by atoms with Gasteiger partial charge in [0.15, 0.2) is 0 Å². The molecule has 4 nitrogen and oxygen atoms in total. The molecule has 166 valence electrons. The summed E-state index contributed by atoms with van der Waals surface area (Å²) in [4.78, 5) is 12.9. The largest absolute Gasteiger partial charge is 0.375 e. The Kier molecular flexibility index (Phi) is 7.36. The molecule has 31 heavy (non-hydrogen) atoms. The maximum absolute atomic E-state index is 14.6. The molecule has 5 heteroatoms. The van der Waals surface area contributed by atoms with Gasteiger partial charge in [-0.1, -0.05) is 49.2 Å². The van der Waals surface area contributed by atoms with E-state index in [1.54, 1.807) is 12.1 Å². The van der Waals surface area contributed by atoms with E-state index in [0.717, 1.165) is 25.3 Å². The highest BCUT2D eigenvalue weighted by atomic mass is 19.1. The second-order valence-electron chi connectivity index (χ2n) is 9.11. The van der Waals surface area contributed by atoms with Crippen LogP contribution in [0.3, 0.4) is 0 Å². The Hall–Kier alpha value is -2.24. The van der Waals surface area contributed by atoms with Gasteiger partial charge in [-0.25, -0.2) is 4.39 Å². The highest BCUT2D eigenvalue weighted by Crippen LogP contribution is 2.40. The molecular weight excluding hydrogens is 391 g/mol. The molecule has 0 aromatic heterocycles. The van der Waals surface area contributed by atoms with Crippen LogP contribution in [-0.2, 0) is 16.0 Å². The number of carbonyl (C=O) groups excluding carboxylic acids is 1. The molecule has 0 radical (unpaired) electrons. The summed E-state index contributed by atoms with van der Waals surface area (Å²) in [5, 5.41) is 6.40. The molecule has 0 bridgehead atoms. The van der Waals surface area contributed by atoms with E-state index in [0.29, 0.717) is 36.7 Å². The molecule has 2 aromatic carbocycles. The van der Waals surface area contributed by atoms with Gasteiger partial charge in [0, 0.05) is 30.3 Å². The lowest BCUT2D eigenvalue weighted by molar-refractivity contribution is -0.116. The lowest BCUT2D eigenvalue weighted by Crippen LogP contribution is -2.44. The highest BCUT2D eigenvalue weighted by molar-refractivity contribution is 5.92. The maximum Gasteiger partial charge on any atom is 0.224 e. The van der Waals surface area contributed by atoms with Crippen molar-refractivity contribution in [1.29, 1.82) is 0 Å². The van der Waals surface area contributed by atoms with Crippen LogP contribution in [0.4, 0.5) is 10.1 Å². The average molecular weight is 425 g/mol. The Labute approximate surface area is 184 Å². The molecule has 1 saturated heterocycles. The lowest BCUT2D eigenvalue weighted by Gasteiger charge is -2.28. The molecular formula is C26H33FN2O2. The van der Waals surface area contributed by atoms with Crippen LogP contribution in [0.5, 0.6) is 0 Å². The van der Waals surface area contributed by atoms with Crippen LogP contribution in [0.15, 0.2) is 48.5 Å². The summed E-state index contributed by atoms with van der Waals surface area (Å²) in [6.07, 6.45) is 5.30. The third-order valence-electron chi connectivity index (χ3n) is 6.40. The fraction of sp³-hybridized carbons (Fsp3) is 0.500. The van der Waals surface area contributed by atoms with Crippen molar-refractivity contribution in [1.82, 2.24) is 5.32 Å². The fourth-order valence-corrected chi connectivity index (χ4v) is 4.39. The van der Waals surface area contributed by atoms with Crippen molar-refractivity contribution >= 4 is 11.6 Å². The number of anilines is 1. The van der Waals surface area contributed by atoms with Crippen LogP contribution in [0.2, 0.25) is 0 Å². The number of amides is 1. The molecule has 4 rings (SSSR count). The number of hydrogen-bond acceptors (Lipinski definition) is 3. The van der Waals surface area contributed by atoms with Crippen molar-refractivity contribution in [3.63, 3.8) is 0 Å². The summed E-state index contributed by atoms with van der Waals surface area (Å²) in [5.41, 5.74) is 2.36. The van der Waals surface area contributed by atoms with E-state index in [-0.39, 0.29) is 23.7 Å². The number of ether oxygens (including phenoxy) is 1. The summed E-state index contributed by atoms with van der Waals surface area (Å²) in [5.74, 6) is 0.613. The number of carbonyl (C=O) groups is 1. The number of rotatable bonds is 9. The van der Waals surface area contributed by atoms with E-state index in [2.05, 4.69) is 29.7 Å². The van der Waals surface area contributed by atoms with Gasteiger partial charge in [0.1, 0.15) is 5.82 Å². The number of nitrogens with one attached hydrogen (secondary N) is 2. The van der Waals surface area contributed by atoms with Crippen LogP contribution < -0.4 is 10.6 Å². The first-order chi connectivity index (χ1) is 15.1. The quantitative estimate of drug-likeness (QED) is 0.592. The highest BCUT2D eigenvalue weighted by Gasteiger charge is 2.28. The molecule has 1 heterocycles. The predicted octanol–water partition coefficient (Wildman–Crippen LogP) is 5.05. The number of morpholine rings is 1. The first-order valence-corrected chi connectivity index (χ1v) is 11.6. The van der Waals surface area contributed by atoms with Gasteiger partial charge in [-0.05, 0) is 55.7 Å². The molecule has 1 aliphatic heterocycles. The van der Waals surface area contributed by atoms with Crippen molar-refractivity contribution in [2.45, 2.75) is 63.5 Å². The normalized spacial score (nSPS) is 22.1. The molecule has 2 fully saturated rings. The summed E-state index contributed by atoms with van der Waals surface area (Å²) in [6.45, 7) is 3.54. The van der Waals surface area contributed by atoms with Crippen molar-refractivity contribution in [3.05, 3.63) is 65.5 Å². The summed E-state index contributed by atoms with van der Waals surface area (Å²) >= 11 is 0. The van der Waals surface area contributed by atoms with Gasteiger partial charge in [-0.3, -0.25) is 4.79 Å². The summed E-state index contributed by atoms with van der Waals surface area (Å²) in [7, 11) is 0. The second kappa shape index (κ2) is 10.4. The zero-order valence-corrected chi connectivity index (χ0v) is 18.3. The van der Waals surface area contributed by atoms with E-state index >= 15 is 0 Å². The number of benzene rings is 2. The summed E-state index contributed by atoms with van der Waals surface area (Å²) < 4.78 is 20.5. The smallest absolute Gasteiger partial charge is 0.224 e. The van der Waals surface area contributed by atoms with Crippen molar-refractivity contribution in [2.24, 2.45) is 5.92 Å². The van der Waals surface area contributed by atoms with Crippen molar-refractivity contribution in [2.75, 3.05) is 18.5 Å². The second-order valence-corrected chi connectivity index (χ2v) is 9.11. The first kappa shape index (κ1) is 22.0. The van der Waals surface area contributed by atoms with Crippen molar-refractivity contribution < 1.29 is 13.9 Å². The van der Waals surface area contributed by atoms with Gasteiger partial charge >= 0.3 is 0 Å². The molecule has 1 aliphatic carbocycles. The SMILES string of the molecule is C[C@H]1CO[C@H](CCc2c(F)cccc2NC(=O)C[C@H](CC2CC2)c2ccccc2)CN1. The Morgan fingerprint density at radius 3 is 2.71 bits per heavy atom. The van der Waals surface area contributed by atoms with Gasteiger partial charge in [0.2, 0.25) is 5.91 Å². The van der Waals surface area contributed by atoms with E-state index in [1.165, 1.54) is 24.5 Å². The molecule has 0 spiro atoms. The third-order valence-corrected chi connectivity index (χ3v) is 6.40. The Morgan fingerprint density at radius 1 is 1.19 bits per heavy atom. The first-order valence-electron chi connectivity index (χ1n) is 11.6. The van der Waals surface area contributed by atoms with Gasteiger partial charge in [-0.15, -0.1) is 0 Å². The molecule has 2 aliphatic rings. The minimum absolute atomic E-state index is 0.0502. The van der Waals surface area contributed by atoms with E-state index in [4.69, 9.17) is 4.74 Å². The topological polar surface area (TPSA) is 50.4 Å². The lowest BCUT2D eigenvalue weighted by atomic mass is 9.90. The van der Waals surface area contributed by atoms with Crippen LogP contribution in [0.1, 0.15) is 56.1 Å². The molecule has 1 amide bonds. The number of hydrogen-bond donors (Lipinski definition) is 2. The molecule has 2 N–H and O–H groups in total. The van der Waals surface area contributed by atoms with Gasteiger partial charge < -0.3 is 15.4 Å². The maximum atomic E-state index is 14.6. The molecule has 3 atom stereocenters. The zero-order valence-electron chi connectivity index (χ0n) is 18.3.